The number of benzene rings is 2. The van der Waals surface area contributed by atoms with Crippen LogP contribution in [0.15, 0.2) is 36.4 Å². The highest BCUT2D eigenvalue weighted by molar-refractivity contribution is 6.35. The summed E-state index contributed by atoms with van der Waals surface area (Å²) in [5, 5.41) is 3.60. The topological polar surface area (TPSA) is 58.6 Å². The number of carbonyl (C=O) groups is 2. The van der Waals surface area contributed by atoms with Crippen LogP contribution < -0.4 is 10.1 Å². The van der Waals surface area contributed by atoms with Gasteiger partial charge in [0.05, 0.1) is 30.3 Å². The van der Waals surface area contributed by atoms with Gasteiger partial charge in [-0.1, -0.05) is 42.3 Å². The second-order valence-electron chi connectivity index (χ2n) is 6.70. The average Bonchev–Trinajstić information content (AvgIpc) is 3.12. The number of nitrogens with one attached hydrogen (secondary N) is 1. The van der Waals surface area contributed by atoms with Crippen molar-refractivity contribution in [2.45, 2.75) is 26.2 Å². The monoisotopic (exact) mass is 420 g/mol. The van der Waals surface area contributed by atoms with E-state index >= 15 is 0 Å². The first-order valence-corrected chi connectivity index (χ1v) is 9.99. The Labute approximate surface area is 174 Å². The molecule has 1 aliphatic heterocycles. The van der Waals surface area contributed by atoms with Crippen LogP contribution in [0.1, 0.15) is 24.5 Å². The van der Waals surface area contributed by atoms with E-state index < -0.39 is 0 Å². The lowest BCUT2D eigenvalue weighted by molar-refractivity contribution is -0.134. The van der Waals surface area contributed by atoms with Gasteiger partial charge in [0, 0.05) is 18.0 Å². The van der Waals surface area contributed by atoms with Crippen LogP contribution in [0.4, 0.5) is 5.69 Å². The zero-order valence-corrected chi connectivity index (χ0v) is 17.1. The third-order valence-corrected chi connectivity index (χ3v) is 5.06. The third-order valence-electron chi connectivity index (χ3n) is 4.49. The van der Waals surface area contributed by atoms with E-state index in [1.54, 1.807) is 23.1 Å². The molecule has 2 aromatic carbocycles. The molecule has 0 aliphatic carbocycles. The first kappa shape index (κ1) is 20.5. The van der Waals surface area contributed by atoms with E-state index in [4.69, 9.17) is 27.9 Å². The Kier molecular flexibility index (Phi) is 6.81. The maximum atomic E-state index is 12.8. The smallest absolute Gasteiger partial charge is 0.244 e. The number of halogens is 2. The SMILES string of the molecule is CCCN(CC(=O)Nc1cc(Cl)ccc1Cl)C(=O)Cc1ccc2c(c1)CCO2. The number of hydrogen-bond acceptors (Lipinski definition) is 3. The van der Waals surface area contributed by atoms with E-state index in [2.05, 4.69) is 5.32 Å². The number of carbonyl (C=O) groups excluding carboxylic acids is 2. The van der Waals surface area contributed by atoms with Crippen molar-refractivity contribution in [3.63, 3.8) is 0 Å². The van der Waals surface area contributed by atoms with Crippen molar-refractivity contribution in [2.75, 3.05) is 25.0 Å². The van der Waals surface area contributed by atoms with Gasteiger partial charge in [-0.05, 0) is 41.8 Å². The number of nitrogens with zero attached hydrogens (tertiary/aromatic N) is 1. The summed E-state index contributed by atoms with van der Waals surface area (Å²) in [6.07, 6.45) is 1.87. The van der Waals surface area contributed by atoms with Crippen LogP contribution >= 0.6 is 23.2 Å². The molecule has 0 bridgehead atoms. The highest BCUT2D eigenvalue weighted by Gasteiger charge is 2.19. The van der Waals surface area contributed by atoms with Gasteiger partial charge in [-0.3, -0.25) is 9.59 Å². The predicted molar refractivity (Wildman–Crippen MR) is 111 cm³/mol. The summed E-state index contributed by atoms with van der Waals surface area (Å²) >= 11 is 12.0. The van der Waals surface area contributed by atoms with Gasteiger partial charge in [0.2, 0.25) is 11.8 Å². The largest absolute Gasteiger partial charge is 0.493 e. The van der Waals surface area contributed by atoms with Crippen molar-refractivity contribution in [3.05, 3.63) is 57.6 Å². The van der Waals surface area contributed by atoms with Crippen molar-refractivity contribution in [2.24, 2.45) is 0 Å². The Bertz CT molecular complexity index is 886. The van der Waals surface area contributed by atoms with Gasteiger partial charge in [-0.2, -0.15) is 0 Å². The Morgan fingerprint density at radius 2 is 2.00 bits per heavy atom. The molecule has 5 nitrogen and oxygen atoms in total. The summed E-state index contributed by atoms with van der Waals surface area (Å²) < 4.78 is 5.50. The maximum Gasteiger partial charge on any atom is 0.244 e. The molecule has 1 heterocycles. The number of fused-ring (bicyclic) bond motifs is 1. The minimum atomic E-state index is -0.312. The fourth-order valence-electron chi connectivity index (χ4n) is 3.15. The van der Waals surface area contributed by atoms with E-state index in [0.29, 0.717) is 28.9 Å². The molecule has 28 heavy (non-hydrogen) atoms. The molecular weight excluding hydrogens is 399 g/mol. The van der Waals surface area contributed by atoms with E-state index in [9.17, 15) is 9.59 Å². The summed E-state index contributed by atoms with van der Waals surface area (Å²) in [6.45, 7) is 3.12. The van der Waals surface area contributed by atoms with Crippen LogP contribution in [0, 0.1) is 0 Å². The average molecular weight is 421 g/mol. The van der Waals surface area contributed by atoms with E-state index in [0.717, 1.165) is 29.7 Å². The van der Waals surface area contributed by atoms with E-state index in [1.165, 1.54) is 0 Å². The second kappa shape index (κ2) is 9.30. The Hall–Kier alpha value is -2.24. The van der Waals surface area contributed by atoms with Crippen molar-refractivity contribution >= 4 is 40.7 Å². The van der Waals surface area contributed by atoms with Crippen LogP contribution in [0.5, 0.6) is 5.75 Å². The molecule has 1 N–H and O–H groups in total. The normalized spacial score (nSPS) is 12.2. The quantitative estimate of drug-likeness (QED) is 0.723. The Morgan fingerprint density at radius 1 is 1.18 bits per heavy atom. The summed E-state index contributed by atoms with van der Waals surface area (Å²) in [4.78, 5) is 26.8. The van der Waals surface area contributed by atoms with Gasteiger partial charge < -0.3 is 15.0 Å². The molecule has 0 saturated heterocycles. The lowest BCUT2D eigenvalue weighted by Gasteiger charge is -2.22. The van der Waals surface area contributed by atoms with Gasteiger partial charge >= 0.3 is 0 Å². The molecular formula is C21H22Cl2N2O3. The zero-order valence-electron chi connectivity index (χ0n) is 15.6. The van der Waals surface area contributed by atoms with Crippen molar-refractivity contribution in [3.8, 4) is 5.75 Å². The zero-order chi connectivity index (χ0) is 20.1. The Balaban J connectivity index is 1.64. The predicted octanol–water partition coefficient (Wildman–Crippen LogP) is 4.35. The van der Waals surface area contributed by atoms with Crippen LogP contribution in [-0.2, 0) is 22.4 Å². The number of amides is 2. The van der Waals surface area contributed by atoms with Gasteiger partial charge in [0.15, 0.2) is 0 Å². The van der Waals surface area contributed by atoms with Gasteiger partial charge in [-0.15, -0.1) is 0 Å². The minimum absolute atomic E-state index is 0.0381. The van der Waals surface area contributed by atoms with Crippen molar-refractivity contribution in [1.29, 1.82) is 0 Å². The number of anilines is 1. The van der Waals surface area contributed by atoms with Crippen molar-refractivity contribution in [1.82, 2.24) is 4.90 Å². The molecule has 0 spiro atoms. The summed E-state index contributed by atoms with van der Waals surface area (Å²) in [7, 11) is 0. The molecule has 3 rings (SSSR count). The number of ether oxygens (including phenoxy) is 1. The minimum Gasteiger partial charge on any atom is -0.493 e. The van der Waals surface area contributed by atoms with E-state index in [1.807, 2.05) is 25.1 Å². The molecule has 0 saturated carbocycles. The number of rotatable bonds is 7. The first-order chi connectivity index (χ1) is 13.5. The van der Waals surface area contributed by atoms with Crippen LogP contribution in [0.3, 0.4) is 0 Å². The molecule has 0 radical (unpaired) electrons. The number of hydrogen-bond donors (Lipinski definition) is 1. The molecule has 0 atom stereocenters. The fraction of sp³-hybridized carbons (Fsp3) is 0.333. The van der Waals surface area contributed by atoms with Crippen molar-refractivity contribution < 1.29 is 14.3 Å². The lowest BCUT2D eigenvalue weighted by Crippen LogP contribution is -2.39. The van der Waals surface area contributed by atoms with E-state index in [-0.39, 0.29) is 24.8 Å². The highest BCUT2D eigenvalue weighted by atomic mass is 35.5. The third kappa shape index (κ3) is 5.18. The molecule has 1 aliphatic rings. The molecule has 0 unspecified atom stereocenters. The van der Waals surface area contributed by atoms with Crippen LogP contribution in [0.25, 0.3) is 0 Å². The van der Waals surface area contributed by atoms with Gasteiger partial charge in [0.1, 0.15) is 5.75 Å². The van der Waals surface area contributed by atoms with Crippen LogP contribution in [0.2, 0.25) is 10.0 Å². The molecule has 2 aromatic rings. The fourth-order valence-corrected chi connectivity index (χ4v) is 3.49. The molecule has 148 valence electrons. The van der Waals surface area contributed by atoms with Gasteiger partial charge in [0.25, 0.3) is 0 Å². The second-order valence-corrected chi connectivity index (χ2v) is 7.55. The van der Waals surface area contributed by atoms with Gasteiger partial charge in [-0.25, -0.2) is 0 Å². The summed E-state index contributed by atoms with van der Waals surface area (Å²) in [6, 6.07) is 10.7. The molecule has 0 fully saturated rings. The Morgan fingerprint density at radius 3 is 2.79 bits per heavy atom. The van der Waals surface area contributed by atoms with Crippen LogP contribution in [-0.4, -0.2) is 36.4 Å². The summed E-state index contributed by atoms with van der Waals surface area (Å²) in [5.74, 6) is 0.487. The molecule has 7 heteroatoms. The maximum absolute atomic E-state index is 12.8. The highest BCUT2D eigenvalue weighted by Crippen LogP contribution is 2.27. The molecule has 2 amide bonds. The standard InChI is InChI=1S/C21H22Cl2N2O3/c1-2-8-25(13-20(26)24-18-12-16(22)4-5-17(18)23)21(27)11-14-3-6-19-15(10-14)7-9-28-19/h3-6,10,12H,2,7-9,11,13H2,1H3,(H,24,26). The molecule has 0 aromatic heterocycles. The first-order valence-electron chi connectivity index (χ1n) is 9.23. The summed E-state index contributed by atoms with van der Waals surface area (Å²) in [5.41, 5.74) is 2.48. The lowest BCUT2D eigenvalue weighted by atomic mass is 10.1.